The van der Waals surface area contributed by atoms with Gasteiger partial charge in [-0.25, -0.2) is 4.98 Å². The van der Waals surface area contributed by atoms with Gasteiger partial charge in [0.05, 0.1) is 23.3 Å². The average Bonchev–Trinajstić information content (AvgIpc) is 3.37. The van der Waals surface area contributed by atoms with Gasteiger partial charge in [-0.15, -0.1) is 11.3 Å². The molecule has 1 aliphatic rings. The van der Waals surface area contributed by atoms with Crippen molar-refractivity contribution >= 4 is 44.9 Å². The van der Waals surface area contributed by atoms with Gasteiger partial charge >= 0.3 is 0 Å². The highest BCUT2D eigenvalue weighted by Crippen LogP contribution is 2.31. The van der Waals surface area contributed by atoms with Gasteiger partial charge in [-0.05, 0) is 63.3 Å². The van der Waals surface area contributed by atoms with E-state index in [-0.39, 0.29) is 17.6 Å². The smallest absolute Gasteiger partial charge is 0.263 e. The number of ether oxygens (including phenoxy) is 1. The molecule has 3 heterocycles. The highest BCUT2D eigenvalue weighted by molar-refractivity contribution is 8.00. The number of rotatable bonds is 7. The third-order valence-electron chi connectivity index (χ3n) is 5.78. The van der Waals surface area contributed by atoms with E-state index in [2.05, 4.69) is 12.2 Å². The molecule has 2 aromatic heterocycles. The van der Waals surface area contributed by atoms with Crippen LogP contribution in [-0.4, -0.2) is 33.4 Å². The Hall–Kier alpha value is -2.16. The van der Waals surface area contributed by atoms with Crippen molar-refractivity contribution in [2.24, 2.45) is 0 Å². The lowest BCUT2D eigenvalue weighted by Gasteiger charge is -2.18. The number of carbonyl (C=O) groups excluding carboxylic acids is 1. The first-order chi connectivity index (χ1) is 15.4. The molecule has 2 unspecified atom stereocenters. The van der Waals surface area contributed by atoms with Gasteiger partial charge in [-0.1, -0.05) is 30.8 Å². The second kappa shape index (κ2) is 9.77. The predicted molar refractivity (Wildman–Crippen MR) is 132 cm³/mol. The van der Waals surface area contributed by atoms with Crippen molar-refractivity contribution in [3.8, 4) is 0 Å². The number of amides is 1. The van der Waals surface area contributed by atoms with Crippen molar-refractivity contribution in [2.45, 2.75) is 70.0 Å². The van der Waals surface area contributed by atoms with Crippen LogP contribution in [0, 0.1) is 13.8 Å². The maximum Gasteiger partial charge on any atom is 0.263 e. The zero-order valence-corrected chi connectivity index (χ0v) is 20.6. The van der Waals surface area contributed by atoms with Crippen molar-refractivity contribution in [1.82, 2.24) is 9.55 Å². The van der Waals surface area contributed by atoms with Crippen LogP contribution < -0.4 is 10.9 Å². The molecule has 4 rings (SSSR count). The number of anilines is 1. The largest absolute Gasteiger partial charge is 0.376 e. The second-order valence-corrected chi connectivity index (χ2v) is 10.7. The number of fused-ring (bicyclic) bond motifs is 1. The minimum Gasteiger partial charge on any atom is -0.376 e. The fraction of sp³-hybridized carbons (Fsp3) is 0.458. The predicted octanol–water partition coefficient (Wildman–Crippen LogP) is 4.94. The van der Waals surface area contributed by atoms with Crippen LogP contribution in [0.3, 0.4) is 0 Å². The van der Waals surface area contributed by atoms with Crippen LogP contribution in [0.2, 0.25) is 0 Å². The number of hydrogen-bond donors (Lipinski definition) is 1. The van der Waals surface area contributed by atoms with Crippen LogP contribution in [0.5, 0.6) is 0 Å². The Labute approximate surface area is 196 Å². The standard InChI is InChI=1S/C24H29N3O3S2/c1-5-19-15(3)31-22-20(19)23(29)27(13-18-10-7-11-30-18)24(26-22)32-16(4)21(28)25-17-9-6-8-14(2)12-17/h6,8-9,12,16,18H,5,7,10-11,13H2,1-4H3,(H,25,28). The Morgan fingerprint density at radius 3 is 2.91 bits per heavy atom. The van der Waals surface area contributed by atoms with Gasteiger partial charge in [0, 0.05) is 17.2 Å². The van der Waals surface area contributed by atoms with E-state index >= 15 is 0 Å². The number of benzene rings is 1. The molecule has 3 aromatic rings. The summed E-state index contributed by atoms with van der Waals surface area (Å²) >= 11 is 2.88. The van der Waals surface area contributed by atoms with E-state index in [9.17, 15) is 9.59 Å². The number of nitrogens with one attached hydrogen (secondary N) is 1. The third-order valence-corrected chi connectivity index (χ3v) is 7.91. The SMILES string of the molecule is CCc1c(C)sc2nc(SC(C)C(=O)Nc3cccc(C)c3)n(CC3CCCO3)c(=O)c12. The Morgan fingerprint density at radius 2 is 2.22 bits per heavy atom. The molecule has 1 amide bonds. The summed E-state index contributed by atoms with van der Waals surface area (Å²) in [6.45, 7) is 9.14. The fourth-order valence-electron chi connectivity index (χ4n) is 4.08. The van der Waals surface area contributed by atoms with E-state index in [0.717, 1.165) is 52.4 Å². The van der Waals surface area contributed by atoms with Crippen LogP contribution in [0.1, 0.15) is 42.7 Å². The van der Waals surface area contributed by atoms with Crippen molar-refractivity contribution in [3.05, 3.63) is 50.6 Å². The van der Waals surface area contributed by atoms with Crippen molar-refractivity contribution in [2.75, 3.05) is 11.9 Å². The number of aryl methyl sites for hydroxylation is 3. The Morgan fingerprint density at radius 1 is 1.41 bits per heavy atom. The second-order valence-electron chi connectivity index (χ2n) is 8.23. The normalized spacial score (nSPS) is 17.1. The molecule has 6 nitrogen and oxygen atoms in total. The Bertz CT molecular complexity index is 1200. The van der Waals surface area contributed by atoms with Crippen LogP contribution >= 0.6 is 23.1 Å². The number of carbonyl (C=O) groups is 1. The highest BCUT2D eigenvalue weighted by Gasteiger charge is 2.25. The molecule has 2 atom stereocenters. The summed E-state index contributed by atoms with van der Waals surface area (Å²) in [6.07, 6.45) is 2.74. The minimum atomic E-state index is -0.415. The van der Waals surface area contributed by atoms with Crippen LogP contribution in [0.15, 0.2) is 34.2 Å². The summed E-state index contributed by atoms with van der Waals surface area (Å²) in [6, 6.07) is 7.72. The molecule has 0 saturated carbocycles. The number of aromatic nitrogens is 2. The first-order valence-corrected chi connectivity index (χ1v) is 12.8. The van der Waals surface area contributed by atoms with E-state index in [4.69, 9.17) is 9.72 Å². The molecule has 8 heteroatoms. The van der Waals surface area contributed by atoms with Crippen molar-refractivity contribution < 1.29 is 9.53 Å². The fourth-order valence-corrected chi connectivity index (χ4v) is 6.15. The molecule has 32 heavy (non-hydrogen) atoms. The lowest BCUT2D eigenvalue weighted by Crippen LogP contribution is -2.30. The average molecular weight is 472 g/mol. The molecule has 0 bridgehead atoms. The summed E-state index contributed by atoms with van der Waals surface area (Å²) in [5, 5.41) is 3.85. The lowest BCUT2D eigenvalue weighted by atomic mass is 10.1. The van der Waals surface area contributed by atoms with Crippen molar-refractivity contribution in [3.63, 3.8) is 0 Å². The van der Waals surface area contributed by atoms with Gasteiger partial charge in [-0.3, -0.25) is 14.2 Å². The molecule has 0 spiro atoms. The molecule has 1 N–H and O–H groups in total. The lowest BCUT2D eigenvalue weighted by molar-refractivity contribution is -0.115. The van der Waals surface area contributed by atoms with Gasteiger partial charge in [-0.2, -0.15) is 0 Å². The molecule has 1 fully saturated rings. The summed E-state index contributed by atoms with van der Waals surface area (Å²) < 4.78 is 7.54. The van der Waals surface area contributed by atoms with Gasteiger partial charge in [0.25, 0.3) is 5.56 Å². The van der Waals surface area contributed by atoms with Gasteiger partial charge < -0.3 is 10.1 Å². The molecule has 170 valence electrons. The molecule has 1 aromatic carbocycles. The Kier molecular flexibility index (Phi) is 7.02. The van der Waals surface area contributed by atoms with Crippen LogP contribution in [0.25, 0.3) is 10.2 Å². The van der Waals surface area contributed by atoms with Crippen molar-refractivity contribution in [1.29, 1.82) is 0 Å². The topological polar surface area (TPSA) is 73.2 Å². The van der Waals surface area contributed by atoms with Gasteiger partial charge in [0.1, 0.15) is 4.83 Å². The molecular formula is C24H29N3O3S2. The summed E-state index contributed by atoms with van der Waals surface area (Å²) in [7, 11) is 0. The maximum atomic E-state index is 13.6. The first-order valence-electron chi connectivity index (χ1n) is 11.1. The Balaban J connectivity index is 1.66. The van der Waals surface area contributed by atoms with Gasteiger partial charge in [0.15, 0.2) is 5.16 Å². The maximum absolute atomic E-state index is 13.6. The minimum absolute atomic E-state index is 0.00698. The highest BCUT2D eigenvalue weighted by atomic mass is 32.2. The summed E-state index contributed by atoms with van der Waals surface area (Å²) in [4.78, 5) is 33.2. The van der Waals surface area contributed by atoms with E-state index in [1.54, 1.807) is 15.9 Å². The van der Waals surface area contributed by atoms with Crippen LogP contribution in [0.4, 0.5) is 5.69 Å². The number of thiophene rings is 1. The third kappa shape index (κ3) is 4.77. The number of thioether (sulfide) groups is 1. The molecule has 1 saturated heterocycles. The molecular weight excluding hydrogens is 442 g/mol. The van der Waals surface area contributed by atoms with Gasteiger partial charge in [0.2, 0.25) is 5.91 Å². The monoisotopic (exact) mass is 471 g/mol. The zero-order valence-electron chi connectivity index (χ0n) is 18.9. The van der Waals surface area contributed by atoms with Crippen LogP contribution in [-0.2, 0) is 22.5 Å². The first kappa shape index (κ1) is 23.0. The number of nitrogens with zero attached hydrogens (tertiary/aromatic N) is 2. The zero-order chi connectivity index (χ0) is 22.8. The quantitative estimate of drug-likeness (QED) is 0.390. The molecule has 0 aliphatic carbocycles. The van der Waals surface area contributed by atoms with E-state index < -0.39 is 5.25 Å². The summed E-state index contributed by atoms with van der Waals surface area (Å²) in [5.41, 5.74) is 2.90. The molecule has 1 aliphatic heterocycles. The molecule has 0 radical (unpaired) electrons. The number of hydrogen-bond acceptors (Lipinski definition) is 6. The van der Waals surface area contributed by atoms with E-state index in [0.29, 0.717) is 17.1 Å². The van der Waals surface area contributed by atoms with E-state index in [1.165, 1.54) is 11.8 Å². The van der Waals surface area contributed by atoms with E-state index in [1.807, 2.05) is 45.0 Å². The summed E-state index contributed by atoms with van der Waals surface area (Å²) in [5.74, 6) is -0.116.